The molecule has 1 amide bonds. The summed E-state index contributed by atoms with van der Waals surface area (Å²) in [5.74, 6) is 1.35. The van der Waals surface area contributed by atoms with Crippen LogP contribution in [0.15, 0.2) is 41.2 Å². The van der Waals surface area contributed by atoms with Crippen molar-refractivity contribution in [3.8, 4) is 17.6 Å². The molecule has 3 rings (SSSR count). The monoisotopic (exact) mass is 468 g/mol. The summed E-state index contributed by atoms with van der Waals surface area (Å²) in [6.07, 6.45) is 1.55. The van der Waals surface area contributed by atoms with E-state index < -0.39 is 0 Å². The van der Waals surface area contributed by atoms with E-state index in [-0.39, 0.29) is 24.4 Å². The third-order valence-corrected chi connectivity index (χ3v) is 5.22. The van der Waals surface area contributed by atoms with Gasteiger partial charge in [0.1, 0.15) is 5.82 Å². The Morgan fingerprint density at radius 1 is 1.24 bits per heavy atom. The quantitative estimate of drug-likeness (QED) is 0.449. The molecule has 0 saturated carbocycles. The molecule has 0 bridgehead atoms. The molecule has 0 spiro atoms. The fourth-order valence-electron chi connectivity index (χ4n) is 3.40. The second-order valence-corrected chi connectivity index (χ2v) is 7.86. The maximum Gasteiger partial charge on any atom is 0.258 e. The molecule has 8 nitrogen and oxygen atoms in total. The number of fused-ring (bicyclic) bond motifs is 1. The smallest absolute Gasteiger partial charge is 0.258 e. The number of nitrogens with one attached hydrogen (secondary N) is 1. The number of nitriles is 1. The SMILES string of the molecule is CCCN(Cc1nc2cc(Cl)ccc2c(=O)[nH]1)C(=O)CCCOc1ccc(C#N)cc1OC. The van der Waals surface area contributed by atoms with Gasteiger partial charge >= 0.3 is 0 Å². The van der Waals surface area contributed by atoms with Crippen molar-refractivity contribution in [2.45, 2.75) is 32.7 Å². The van der Waals surface area contributed by atoms with Gasteiger partial charge in [-0.15, -0.1) is 0 Å². The highest BCUT2D eigenvalue weighted by Crippen LogP contribution is 2.28. The number of nitrogens with zero attached hydrogens (tertiary/aromatic N) is 3. The van der Waals surface area contributed by atoms with Crippen LogP contribution in [0.4, 0.5) is 0 Å². The van der Waals surface area contributed by atoms with E-state index in [1.54, 1.807) is 41.3 Å². The third kappa shape index (κ3) is 6.24. The Morgan fingerprint density at radius 2 is 2.06 bits per heavy atom. The van der Waals surface area contributed by atoms with Crippen LogP contribution < -0.4 is 15.0 Å². The molecule has 2 aromatic carbocycles. The van der Waals surface area contributed by atoms with Gasteiger partial charge in [0.05, 0.1) is 42.8 Å². The van der Waals surface area contributed by atoms with E-state index in [0.29, 0.717) is 58.4 Å². The number of amides is 1. The van der Waals surface area contributed by atoms with Crippen LogP contribution in [-0.4, -0.2) is 41.0 Å². The van der Waals surface area contributed by atoms with Gasteiger partial charge in [-0.1, -0.05) is 18.5 Å². The molecular weight excluding hydrogens is 444 g/mol. The molecule has 0 atom stereocenters. The van der Waals surface area contributed by atoms with Crippen molar-refractivity contribution in [2.24, 2.45) is 0 Å². The predicted octanol–water partition coefficient (Wildman–Crippen LogP) is 4.05. The largest absolute Gasteiger partial charge is 0.493 e. The minimum Gasteiger partial charge on any atom is -0.493 e. The summed E-state index contributed by atoms with van der Waals surface area (Å²) in [4.78, 5) is 34.1. The second-order valence-electron chi connectivity index (χ2n) is 7.42. The first kappa shape index (κ1) is 24.1. The summed E-state index contributed by atoms with van der Waals surface area (Å²) in [5.41, 5.74) is 0.711. The number of carbonyl (C=O) groups excluding carboxylic acids is 1. The Labute approximate surface area is 196 Å². The third-order valence-electron chi connectivity index (χ3n) is 4.99. The molecule has 1 aromatic heterocycles. The molecule has 0 radical (unpaired) electrons. The van der Waals surface area contributed by atoms with Gasteiger partial charge < -0.3 is 19.4 Å². The number of rotatable bonds is 10. The number of H-pyrrole nitrogens is 1. The van der Waals surface area contributed by atoms with E-state index >= 15 is 0 Å². The minimum absolute atomic E-state index is 0.0546. The van der Waals surface area contributed by atoms with E-state index in [1.807, 2.05) is 6.92 Å². The summed E-state index contributed by atoms with van der Waals surface area (Å²) in [6.45, 7) is 3.05. The van der Waals surface area contributed by atoms with Gasteiger partial charge in [-0.05, 0) is 43.2 Å². The molecule has 0 fully saturated rings. The maximum atomic E-state index is 12.8. The molecule has 33 heavy (non-hydrogen) atoms. The van der Waals surface area contributed by atoms with Crippen molar-refractivity contribution >= 4 is 28.4 Å². The lowest BCUT2D eigenvalue weighted by Crippen LogP contribution is -2.32. The van der Waals surface area contributed by atoms with Gasteiger partial charge in [-0.25, -0.2) is 4.98 Å². The molecule has 3 aromatic rings. The molecule has 1 heterocycles. The summed E-state index contributed by atoms with van der Waals surface area (Å²) in [7, 11) is 1.51. The van der Waals surface area contributed by atoms with E-state index in [1.165, 1.54) is 7.11 Å². The number of ether oxygens (including phenoxy) is 2. The summed E-state index contributed by atoms with van der Waals surface area (Å²) >= 11 is 6.03. The highest BCUT2D eigenvalue weighted by Gasteiger charge is 2.16. The van der Waals surface area contributed by atoms with Crippen LogP contribution in [0.3, 0.4) is 0 Å². The lowest BCUT2D eigenvalue weighted by atomic mass is 10.2. The number of hydrogen-bond donors (Lipinski definition) is 1. The zero-order chi connectivity index (χ0) is 23.8. The van der Waals surface area contributed by atoms with Gasteiger partial charge in [0.25, 0.3) is 5.56 Å². The van der Waals surface area contributed by atoms with E-state index in [0.717, 1.165) is 6.42 Å². The number of carbonyl (C=O) groups is 1. The van der Waals surface area contributed by atoms with Gasteiger partial charge in [0.15, 0.2) is 11.5 Å². The minimum atomic E-state index is -0.264. The summed E-state index contributed by atoms with van der Waals surface area (Å²) in [6, 6.07) is 11.9. The molecule has 0 unspecified atom stereocenters. The first-order valence-electron chi connectivity index (χ1n) is 10.6. The molecule has 1 N–H and O–H groups in total. The van der Waals surface area contributed by atoms with Crippen LogP contribution in [0.1, 0.15) is 37.6 Å². The standard InChI is InChI=1S/C24H25ClN4O4/c1-3-10-29(15-22-27-19-13-17(25)7-8-18(19)24(31)28-22)23(30)5-4-11-33-20-9-6-16(14-26)12-21(20)32-2/h6-9,12-13H,3-5,10-11,15H2,1-2H3,(H,27,28,31). The molecule has 9 heteroatoms. The van der Waals surface area contributed by atoms with Crippen LogP contribution in [0.2, 0.25) is 5.02 Å². The average molecular weight is 469 g/mol. The predicted molar refractivity (Wildman–Crippen MR) is 126 cm³/mol. The van der Waals surface area contributed by atoms with Gasteiger partial charge in [0, 0.05) is 24.1 Å². The van der Waals surface area contributed by atoms with Gasteiger partial charge in [-0.2, -0.15) is 5.26 Å². The number of benzene rings is 2. The first-order chi connectivity index (χ1) is 15.9. The van der Waals surface area contributed by atoms with Crippen molar-refractivity contribution in [1.29, 1.82) is 5.26 Å². The molecular formula is C24H25ClN4O4. The number of methoxy groups -OCH3 is 1. The fraction of sp³-hybridized carbons (Fsp3) is 0.333. The second kappa shape index (κ2) is 11.3. The Balaban J connectivity index is 1.61. The number of aromatic nitrogens is 2. The lowest BCUT2D eigenvalue weighted by Gasteiger charge is -2.22. The fourth-order valence-corrected chi connectivity index (χ4v) is 3.56. The van der Waals surface area contributed by atoms with Crippen LogP contribution in [0.25, 0.3) is 10.9 Å². The van der Waals surface area contributed by atoms with Crippen LogP contribution in [0.5, 0.6) is 11.5 Å². The average Bonchev–Trinajstić information content (AvgIpc) is 2.81. The Bertz CT molecular complexity index is 1240. The van der Waals surface area contributed by atoms with Crippen molar-refractivity contribution < 1.29 is 14.3 Å². The number of hydrogen-bond acceptors (Lipinski definition) is 6. The Kier molecular flexibility index (Phi) is 8.28. The zero-order valence-corrected chi connectivity index (χ0v) is 19.3. The maximum absolute atomic E-state index is 12.8. The molecule has 172 valence electrons. The van der Waals surface area contributed by atoms with Crippen LogP contribution >= 0.6 is 11.6 Å². The summed E-state index contributed by atoms with van der Waals surface area (Å²) < 4.78 is 11.0. The van der Waals surface area contributed by atoms with Gasteiger partial charge in [0.2, 0.25) is 5.91 Å². The lowest BCUT2D eigenvalue weighted by molar-refractivity contribution is -0.132. The van der Waals surface area contributed by atoms with E-state index in [9.17, 15) is 9.59 Å². The number of halogens is 1. The van der Waals surface area contributed by atoms with E-state index in [2.05, 4.69) is 16.0 Å². The normalized spacial score (nSPS) is 10.6. The Morgan fingerprint density at radius 3 is 2.79 bits per heavy atom. The summed E-state index contributed by atoms with van der Waals surface area (Å²) in [5, 5.41) is 9.93. The van der Waals surface area contributed by atoms with Gasteiger partial charge in [-0.3, -0.25) is 9.59 Å². The molecule has 0 aliphatic carbocycles. The van der Waals surface area contributed by atoms with Crippen molar-refractivity contribution in [3.63, 3.8) is 0 Å². The first-order valence-corrected chi connectivity index (χ1v) is 11.0. The zero-order valence-electron chi connectivity index (χ0n) is 18.6. The highest BCUT2D eigenvalue weighted by atomic mass is 35.5. The number of aromatic amines is 1. The molecule has 0 saturated heterocycles. The topological polar surface area (TPSA) is 108 Å². The van der Waals surface area contributed by atoms with Crippen LogP contribution in [0, 0.1) is 11.3 Å². The van der Waals surface area contributed by atoms with Crippen molar-refractivity contribution in [3.05, 3.63) is 63.2 Å². The van der Waals surface area contributed by atoms with E-state index in [4.69, 9.17) is 26.3 Å². The highest BCUT2D eigenvalue weighted by molar-refractivity contribution is 6.31. The van der Waals surface area contributed by atoms with Crippen LogP contribution in [-0.2, 0) is 11.3 Å². The Hall–Kier alpha value is -3.57. The van der Waals surface area contributed by atoms with Crippen molar-refractivity contribution in [1.82, 2.24) is 14.9 Å². The van der Waals surface area contributed by atoms with Crippen molar-refractivity contribution in [2.75, 3.05) is 20.3 Å². The molecule has 0 aliphatic heterocycles. The molecule has 0 aliphatic rings.